The van der Waals surface area contributed by atoms with Crippen molar-refractivity contribution in [3.8, 4) is 0 Å². The predicted molar refractivity (Wildman–Crippen MR) is 130 cm³/mol. The Morgan fingerprint density at radius 2 is 1.45 bits per heavy atom. The van der Waals surface area contributed by atoms with E-state index >= 15 is 0 Å². The summed E-state index contributed by atoms with van der Waals surface area (Å²) in [5, 5.41) is 11.5. The van der Waals surface area contributed by atoms with Crippen molar-refractivity contribution in [3.05, 3.63) is 95.6 Å². The smallest absolute Gasteiger partial charge is 0.303 e. The highest BCUT2D eigenvalue weighted by molar-refractivity contribution is 6.99. The molecule has 3 nitrogen and oxygen atoms in total. The second-order valence-electron chi connectivity index (χ2n) is 9.11. The molecule has 3 aromatic rings. The van der Waals surface area contributed by atoms with Crippen LogP contribution in [0.4, 0.5) is 0 Å². The van der Waals surface area contributed by atoms with E-state index in [0.717, 1.165) is 16.7 Å². The summed E-state index contributed by atoms with van der Waals surface area (Å²) in [7, 11) is -2.60. The molecular weight excluding hydrogens is 400 g/mol. The molecule has 0 heterocycles. The number of hydrogen-bond acceptors (Lipinski definition) is 2. The number of aliphatic carboxylic acids is 1. The minimum Gasteiger partial charge on any atom is -0.481 e. The Balaban J connectivity index is 2.03. The molecule has 0 unspecified atom stereocenters. The van der Waals surface area contributed by atoms with Crippen LogP contribution in [-0.2, 0) is 22.2 Å². The molecule has 0 aliphatic rings. The van der Waals surface area contributed by atoms with E-state index in [4.69, 9.17) is 9.53 Å². The summed E-state index contributed by atoms with van der Waals surface area (Å²) < 4.78 is 7.04. The van der Waals surface area contributed by atoms with Gasteiger partial charge in [0.15, 0.2) is 0 Å². The van der Waals surface area contributed by atoms with E-state index in [1.807, 2.05) is 18.2 Å². The van der Waals surface area contributed by atoms with Gasteiger partial charge in [-0.25, -0.2) is 0 Å². The van der Waals surface area contributed by atoms with Crippen molar-refractivity contribution in [3.63, 3.8) is 0 Å². The molecule has 3 aromatic carbocycles. The van der Waals surface area contributed by atoms with Crippen LogP contribution in [0.5, 0.6) is 0 Å². The van der Waals surface area contributed by atoms with Gasteiger partial charge in [-0.2, -0.15) is 0 Å². The molecule has 0 saturated heterocycles. The zero-order chi connectivity index (χ0) is 22.5. The van der Waals surface area contributed by atoms with Crippen LogP contribution >= 0.6 is 0 Å². The van der Waals surface area contributed by atoms with Crippen LogP contribution in [0.2, 0.25) is 5.04 Å². The fourth-order valence-electron chi connectivity index (χ4n) is 4.23. The molecule has 162 valence electrons. The van der Waals surface area contributed by atoms with Crippen LogP contribution in [-0.4, -0.2) is 19.4 Å². The molecule has 0 saturated carbocycles. The number of rotatable bonds is 8. The Hall–Kier alpha value is -2.69. The first kappa shape index (κ1) is 23.0. The first-order valence-electron chi connectivity index (χ1n) is 10.8. The third kappa shape index (κ3) is 5.14. The molecule has 0 fully saturated rings. The molecule has 0 aliphatic carbocycles. The van der Waals surface area contributed by atoms with Gasteiger partial charge in [-0.1, -0.05) is 99.6 Å². The molecule has 0 radical (unpaired) electrons. The Labute approximate surface area is 186 Å². The van der Waals surface area contributed by atoms with Gasteiger partial charge in [-0.05, 0) is 45.4 Å². The molecule has 31 heavy (non-hydrogen) atoms. The largest absolute Gasteiger partial charge is 0.481 e. The number of carbonyl (C=O) groups is 1. The molecule has 0 atom stereocenters. The monoisotopic (exact) mass is 432 g/mol. The van der Waals surface area contributed by atoms with E-state index < -0.39 is 14.3 Å². The van der Waals surface area contributed by atoms with Gasteiger partial charge in [-0.3, -0.25) is 4.79 Å². The van der Waals surface area contributed by atoms with Crippen LogP contribution in [0.3, 0.4) is 0 Å². The van der Waals surface area contributed by atoms with Crippen LogP contribution in [0.15, 0.2) is 78.9 Å². The van der Waals surface area contributed by atoms with E-state index in [9.17, 15) is 4.79 Å². The van der Waals surface area contributed by atoms with Crippen molar-refractivity contribution in [2.75, 3.05) is 0 Å². The minimum atomic E-state index is -2.60. The maximum Gasteiger partial charge on any atom is 0.303 e. The van der Waals surface area contributed by atoms with Gasteiger partial charge in [0, 0.05) is 6.42 Å². The van der Waals surface area contributed by atoms with Crippen LogP contribution in [0, 0.1) is 6.92 Å². The Morgan fingerprint density at radius 1 is 0.903 bits per heavy atom. The van der Waals surface area contributed by atoms with Crippen LogP contribution in [0.25, 0.3) is 0 Å². The van der Waals surface area contributed by atoms with Gasteiger partial charge < -0.3 is 9.53 Å². The molecule has 0 spiro atoms. The Morgan fingerprint density at radius 3 is 1.94 bits per heavy atom. The maximum atomic E-state index is 11.0. The van der Waals surface area contributed by atoms with Gasteiger partial charge in [0.2, 0.25) is 0 Å². The Kier molecular flexibility index (Phi) is 7.14. The number of benzene rings is 3. The van der Waals surface area contributed by atoms with E-state index in [2.05, 4.69) is 88.4 Å². The summed E-state index contributed by atoms with van der Waals surface area (Å²) in [6, 6.07) is 27.4. The van der Waals surface area contributed by atoms with Crippen LogP contribution in [0.1, 0.15) is 43.9 Å². The zero-order valence-electron chi connectivity index (χ0n) is 18.9. The number of hydrogen-bond donors (Lipinski definition) is 1. The normalized spacial score (nSPS) is 12.0. The lowest BCUT2D eigenvalue weighted by molar-refractivity contribution is -0.136. The van der Waals surface area contributed by atoms with Crippen molar-refractivity contribution >= 4 is 24.7 Å². The Bertz CT molecular complexity index is 968. The SMILES string of the molecule is Cc1ccc(CCC(=O)O)cc1CO[Si](c1ccccc1)(c1ccccc1)C(C)(C)C. The first-order chi connectivity index (χ1) is 14.7. The lowest BCUT2D eigenvalue weighted by Gasteiger charge is -2.43. The topological polar surface area (TPSA) is 46.5 Å². The van der Waals surface area contributed by atoms with Gasteiger partial charge in [0.1, 0.15) is 0 Å². The summed E-state index contributed by atoms with van der Waals surface area (Å²) >= 11 is 0. The second kappa shape index (κ2) is 9.63. The molecule has 0 bridgehead atoms. The van der Waals surface area contributed by atoms with E-state index in [-0.39, 0.29) is 11.5 Å². The second-order valence-corrected chi connectivity index (χ2v) is 13.4. The van der Waals surface area contributed by atoms with Crippen LogP contribution < -0.4 is 10.4 Å². The molecule has 0 aliphatic heterocycles. The number of carboxylic acids is 1. The molecule has 4 heteroatoms. The summed E-state index contributed by atoms with van der Waals surface area (Å²) in [5.74, 6) is -0.773. The van der Waals surface area contributed by atoms with E-state index in [1.54, 1.807) is 0 Å². The average molecular weight is 433 g/mol. The average Bonchev–Trinajstić information content (AvgIpc) is 2.75. The van der Waals surface area contributed by atoms with E-state index in [0.29, 0.717) is 13.0 Å². The van der Waals surface area contributed by atoms with Gasteiger partial charge in [-0.15, -0.1) is 0 Å². The molecule has 1 N–H and O–H groups in total. The first-order valence-corrected chi connectivity index (χ1v) is 12.7. The van der Waals surface area contributed by atoms with Crippen molar-refractivity contribution in [1.82, 2.24) is 0 Å². The zero-order valence-corrected chi connectivity index (χ0v) is 19.9. The molecule has 3 rings (SSSR count). The highest BCUT2D eigenvalue weighted by Gasteiger charge is 2.50. The molecule has 0 amide bonds. The molecule has 0 aromatic heterocycles. The quantitative estimate of drug-likeness (QED) is 0.505. The fraction of sp³-hybridized carbons (Fsp3) is 0.296. The highest BCUT2D eigenvalue weighted by atomic mass is 28.4. The van der Waals surface area contributed by atoms with Crippen molar-refractivity contribution < 1.29 is 14.3 Å². The van der Waals surface area contributed by atoms with Gasteiger partial charge in [0.25, 0.3) is 8.32 Å². The summed E-state index contributed by atoms with van der Waals surface area (Å²) in [6.45, 7) is 9.41. The lowest BCUT2D eigenvalue weighted by atomic mass is 10.0. The molecular formula is C27H32O3Si. The van der Waals surface area contributed by atoms with Gasteiger partial charge in [0.05, 0.1) is 6.61 Å². The summed E-state index contributed by atoms with van der Waals surface area (Å²) in [5.41, 5.74) is 3.32. The van der Waals surface area contributed by atoms with Crippen molar-refractivity contribution in [2.45, 2.75) is 52.2 Å². The van der Waals surface area contributed by atoms with Gasteiger partial charge >= 0.3 is 5.97 Å². The fourth-order valence-corrected chi connectivity index (χ4v) is 8.76. The highest BCUT2D eigenvalue weighted by Crippen LogP contribution is 2.37. The summed E-state index contributed by atoms with van der Waals surface area (Å²) in [6.07, 6.45) is 0.667. The van der Waals surface area contributed by atoms with Crippen molar-refractivity contribution in [1.29, 1.82) is 0 Å². The lowest BCUT2D eigenvalue weighted by Crippen LogP contribution is -2.66. The number of carboxylic acid groups (broad SMARTS) is 1. The third-order valence-corrected chi connectivity index (χ3v) is 10.9. The minimum absolute atomic E-state index is 0.0788. The van der Waals surface area contributed by atoms with E-state index in [1.165, 1.54) is 10.4 Å². The number of aryl methyl sites for hydroxylation is 2. The third-order valence-electron chi connectivity index (χ3n) is 5.90. The standard InChI is InChI=1S/C27H32O3Si/c1-21-15-16-22(17-18-26(28)29)19-23(21)20-30-31(27(2,3)4,24-11-7-5-8-12-24)25-13-9-6-10-14-25/h5-16,19H,17-18,20H2,1-4H3,(H,28,29). The predicted octanol–water partition coefficient (Wildman–Crippen LogP) is 5.09. The van der Waals surface area contributed by atoms with Crippen molar-refractivity contribution in [2.24, 2.45) is 0 Å². The maximum absolute atomic E-state index is 11.0. The summed E-state index contributed by atoms with van der Waals surface area (Å²) in [4.78, 5) is 11.0.